The molecule has 1 aromatic carbocycles. The molecule has 0 aromatic heterocycles. The predicted octanol–water partition coefficient (Wildman–Crippen LogP) is 3.56. The van der Waals surface area contributed by atoms with Crippen LogP contribution in [0.2, 0.25) is 5.02 Å². The van der Waals surface area contributed by atoms with E-state index < -0.39 is 0 Å². The summed E-state index contributed by atoms with van der Waals surface area (Å²) in [6.45, 7) is 7.85. The molecule has 0 heterocycles. The van der Waals surface area contributed by atoms with E-state index in [0.29, 0.717) is 10.9 Å². The van der Waals surface area contributed by atoms with Gasteiger partial charge >= 0.3 is 0 Å². The van der Waals surface area contributed by atoms with Crippen molar-refractivity contribution in [3.63, 3.8) is 0 Å². The molecule has 3 N–H and O–H groups in total. The first-order valence-electron chi connectivity index (χ1n) is 6.64. The van der Waals surface area contributed by atoms with E-state index in [9.17, 15) is 4.79 Å². The molecule has 5 heteroatoms. The lowest BCUT2D eigenvalue weighted by Crippen LogP contribution is -2.41. The first-order valence-corrected chi connectivity index (χ1v) is 7.02. The van der Waals surface area contributed by atoms with Gasteiger partial charge in [0.2, 0.25) is 5.91 Å². The molecule has 1 aromatic rings. The molecular formula is C15H24Cl2N2O. The monoisotopic (exact) mass is 318 g/mol. The van der Waals surface area contributed by atoms with Crippen LogP contribution in [0.3, 0.4) is 0 Å². The Balaban J connectivity index is 0.00000361. The highest BCUT2D eigenvalue weighted by molar-refractivity contribution is 6.30. The van der Waals surface area contributed by atoms with Crippen LogP contribution in [-0.2, 0) is 4.79 Å². The van der Waals surface area contributed by atoms with Crippen LogP contribution in [0.4, 0.5) is 0 Å². The lowest BCUT2D eigenvalue weighted by atomic mass is 9.94. The van der Waals surface area contributed by atoms with Gasteiger partial charge in [-0.1, -0.05) is 44.5 Å². The fraction of sp³-hybridized carbons (Fsp3) is 0.533. The molecule has 1 amide bonds. The number of carbonyl (C=O) groups is 1. The molecule has 0 saturated heterocycles. The third-order valence-electron chi connectivity index (χ3n) is 3.40. The number of nitrogens with two attached hydrogens (primary N) is 1. The Morgan fingerprint density at radius 2 is 1.65 bits per heavy atom. The maximum absolute atomic E-state index is 12.1. The summed E-state index contributed by atoms with van der Waals surface area (Å²) in [6, 6.07) is 7.40. The Labute approximate surface area is 132 Å². The summed E-state index contributed by atoms with van der Waals surface area (Å²) in [5, 5.41) is 3.77. The quantitative estimate of drug-likeness (QED) is 0.872. The molecule has 0 radical (unpaired) electrons. The average molecular weight is 319 g/mol. The highest BCUT2D eigenvalue weighted by atomic mass is 35.5. The molecule has 3 nitrogen and oxygen atoms in total. The Hall–Kier alpha value is -0.770. The second-order valence-corrected chi connectivity index (χ2v) is 5.87. The van der Waals surface area contributed by atoms with Gasteiger partial charge in [-0.05, 0) is 30.5 Å². The molecule has 0 aliphatic carbocycles. The van der Waals surface area contributed by atoms with Gasteiger partial charge in [0.1, 0.15) is 0 Å². The van der Waals surface area contributed by atoms with Crippen molar-refractivity contribution in [1.82, 2.24) is 5.32 Å². The molecule has 114 valence electrons. The molecule has 0 bridgehead atoms. The van der Waals surface area contributed by atoms with Crippen LogP contribution in [0.15, 0.2) is 24.3 Å². The molecule has 1 rings (SSSR count). The van der Waals surface area contributed by atoms with Crippen molar-refractivity contribution in [2.75, 3.05) is 0 Å². The van der Waals surface area contributed by atoms with E-state index in [-0.39, 0.29) is 36.3 Å². The molecule has 3 unspecified atom stereocenters. The Bertz CT molecular complexity index is 418. The largest absolute Gasteiger partial charge is 0.349 e. The normalized spacial score (nSPS) is 15.2. The van der Waals surface area contributed by atoms with Crippen molar-refractivity contribution in [1.29, 1.82) is 0 Å². The van der Waals surface area contributed by atoms with Gasteiger partial charge in [-0.2, -0.15) is 0 Å². The van der Waals surface area contributed by atoms with Crippen molar-refractivity contribution >= 4 is 29.9 Å². The smallest absolute Gasteiger partial charge is 0.224 e. The Morgan fingerprint density at radius 3 is 2.05 bits per heavy atom. The van der Waals surface area contributed by atoms with Crippen LogP contribution in [0.1, 0.15) is 39.3 Å². The summed E-state index contributed by atoms with van der Waals surface area (Å²) >= 11 is 5.89. The Kier molecular flexibility index (Phi) is 8.17. The highest BCUT2D eigenvalue weighted by Crippen LogP contribution is 2.23. The molecule has 0 saturated carbocycles. The maximum atomic E-state index is 12.1. The zero-order valence-corrected chi connectivity index (χ0v) is 14.0. The van der Waals surface area contributed by atoms with Crippen LogP contribution < -0.4 is 11.1 Å². The van der Waals surface area contributed by atoms with E-state index in [2.05, 4.69) is 19.2 Å². The van der Waals surface area contributed by atoms with Crippen LogP contribution in [-0.4, -0.2) is 11.9 Å². The van der Waals surface area contributed by atoms with E-state index in [1.54, 1.807) is 0 Å². The van der Waals surface area contributed by atoms with E-state index in [0.717, 1.165) is 5.56 Å². The van der Waals surface area contributed by atoms with Gasteiger partial charge < -0.3 is 11.1 Å². The number of amides is 1. The number of carbonyl (C=O) groups excluding carboxylic acids is 1. The topological polar surface area (TPSA) is 55.1 Å². The Morgan fingerprint density at radius 1 is 1.15 bits per heavy atom. The van der Waals surface area contributed by atoms with Crippen LogP contribution in [0.5, 0.6) is 0 Å². The van der Waals surface area contributed by atoms with Crippen molar-refractivity contribution in [2.24, 2.45) is 17.6 Å². The number of rotatable bonds is 5. The molecule has 0 spiro atoms. The van der Waals surface area contributed by atoms with Crippen LogP contribution in [0, 0.1) is 11.8 Å². The number of benzene rings is 1. The van der Waals surface area contributed by atoms with Gasteiger partial charge in [-0.25, -0.2) is 0 Å². The summed E-state index contributed by atoms with van der Waals surface area (Å²) in [5.74, 6) is 0.0857. The minimum Gasteiger partial charge on any atom is -0.349 e. The fourth-order valence-corrected chi connectivity index (χ4v) is 1.95. The van der Waals surface area contributed by atoms with Crippen molar-refractivity contribution in [3.8, 4) is 0 Å². The third-order valence-corrected chi connectivity index (χ3v) is 3.65. The molecule has 3 atom stereocenters. The van der Waals surface area contributed by atoms with Crippen molar-refractivity contribution < 1.29 is 4.79 Å². The van der Waals surface area contributed by atoms with E-state index in [4.69, 9.17) is 17.3 Å². The van der Waals surface area contributed by atoms with E-state index in [1.807, 2.05) is 38.1 Å². The minimum absolute atomic E-state index is 0. The second kappa shape index (κ2) is 8.50. The van der Waals surface area contributed by atoms with Gasteiger partial charge in [0, 0.05) is 17.0 Å². The fourth-order valence-electron chi connectivity index (χ4n) is 1.83. The molecule has 0 aliphatic rings. The summed E-state index contributed by atoms with van der Waals surface area (Å²) in [6.07, 6.45) is 0. The summed E-state index contributed by atoms with van der Waals surface area (Å²) in [4.78, 5) is 12.1. The van der Waals surface area contributed by atoms with Gasteiger partial charge in [0.25, 0.3) is 0 Å². The number of halogens is 2. The van der Waals surface area contributed by atoms with Gasteiger partial charge in [-0.15, -0.1) is 12.4 Å². The molecular weight excluding hydrogens is 295 g/mol. The third kappa shape index (κ3) is 5.31. The SMILES string of the molecule is CC(C)C(NC(=O)C(C)C(C)N)c1ccc(Cl)cc1.Cl. The predicted molar refractivity (Wildman–Crippen MR) is 87.2 cm³/mol. The van der Waals surface area contributed by atoms with Crippen molar-refractivity contribution in [3.05, 3.63) is 34.9 Å². The van der Waals surface area contributed by atoms with Gasteiger partial charge in [0.15, 0.2) is 0 Å². The van der Waals surface area contributed by atoms with Crippen molar-refractivity contribution in [2.45, 2.75) is 39.8 Å². The standard InChI is InChI=1S/C15H23ClN2O.ClH/c1-9(2)14(12-5-7-13(16)8-6-12)18-15(19)10(3)11(4)17;/h5-11,14H,17H2,1-4H3,(H,18,19);1H. The molecule has 0 fully saturated rings. The first-order chi connectivity index (χ1) is 8.82. The maximum Gasteiger partial charge on any atom is 0.224 e. The average Bonchev–Trinajstić information content (AvgIpc) is 2.35. The van der Waals surface area contributed by atoms with Gasteiger partial charge in [0.05, 0.1) is 6.04 Å². The second-order valence-electron chi connectivity index (χ2n) is 5.43. The summed E-state index contributed by atoms with van der Waals surface area (Å²) in [5.41, 5.74) is 6.83. The lowest BCUT2D eigenvalue weighted by molar-refractivity contribution is -0.126. The summed E-state index contributed by atoms with van der Waals surface area (Å²) < 4.78 is 0. The zero-order chi connectivity index (χ0) is 14.6. The zero-order valence-electron chi connectivity index (χ0n) is 12.4. The minimum atomic E-state index is -0.200. The lowest BCUT2D eigenvalue weighted by Gasteiger charge is -2.26. The first kappa shape index (κ1) is 19.2. The number of hydrogen-bond donors (Lipinski definition) is 2. The molecule has 0 aliphatic heterocycles. The number of hydrogen-bond acceptors (Lipinski definition) is 2. The highest BCUT2D eigenvalue weighted by Gasteiger charge is 2.23. The van der Waals surface area contributed by atoms with E-state index >= 15 is 0 Å². The van der Waals surface area contributed by atoms with Gasteiger partial charge in [-0.3, -0.25) is 4.79 Å². The number of nitrogens with one attached hydrogen (secondary N) is 1. The van der Waals surface area contributed by atoms with E-state index in [1.165, 1.54) is 0 Å². The van der Waals surface area contributed by atoms with Crippen LogP contribution in [0.25, 0.3) is 0 Å². The molecule has 20 heavy (non-hydrogen) atoms. The summed E-state index contributed by atoms with van der Waals surface area (Å²) in [7, 11) is 0. The van der Waals surface area contributed by atoms with Crippen LogP contribution >= 0.6 is 24.0 Å².